The third kappa shape index (κ3) is 1.63. The van der Waals surface area contributed by atoms with E-state index in [1.54, 1.807) is 6.20 Å². The number of aromatic nitrogens is 1. The summed E-state index contributed by atoms with van der Waals surface area (Å²) < 4.78 is 0.949. The van der Waals surface area contributed by atoms with E-state index in [1.807, 2.05) is 61.5 Å². The highest BCUT2D eigenvalue weighted by Crippen LogP contribution is 2.27. The maximum atomic E-state index is 12.0. The molecule has 0 saturated heterocycles. The van der Waals surface area contributed by atoms with Crippen LogP contribution in [-0.4, -0.2) is 0 Å². The molecule has 0 amide bonds. The fraction of sp³-hybridized carbons (Fsp3) is 0.0625. The van der Waals surface area contributed by atoms with Gasteiger partial charge < -0.3 is 5.21 Å². The minimum absolute atomic E-state index is 0.740. The number of rotatable bonds is 1. The normalized spacial score (nSPS) is 10.7. The Morgan fingerprint density at radius 3 is 2.44 bits per heavy atom. The Morgan fingerprint density at radius 2 is 1.67 bits per heavy atom. The van der Waals surface area contributed by atoms with Gasteiger partial charge in [0, 0.05) is 6.07 Å². The second-order valence-electron chi connectivity index (χ2n) is 4.39. The van der Waals surface area contributed by atoms with Crippen molar-refractivity contribution < 1.29 is 4.73 Å². The van der Waals surface area contributed by atoms with Crippen molar-refractivity contribution in [2.45, 2.75) is 6.92 Å². The molecule has 0 aliphatic rings. The average Bonchev–Trinajstić information content (AvgIpc) is 2.43. The average molecular weight is 235 g/mol. The molecule has 0 atom stereocenters. The van der Waals surface area contributed by atoms with Crippen molar-refractivity contribution >= 4 is 10.9 Å². The second-order valence-corrected chi connectivity index (χ2v) is 4.39. The Bertz CT molecular complexity index is 705. The van der Waals surface area contributed by atoms with Gasteiger partial charge in [-0.3, -0.25) is 0 Å². The van der Waals surface area contributed by atoms with E-state index >= 15 is 0 Å². The predicted octanol–water partition coefficient (Wildman–Crippen LogP) is 3.45. The quantitative estimate of drug-likeness (QED) is 0.469. The first kappa shape index (κ1) is 10.8. The van der Waals surface area contributed by atoms with Crippen LogP contribution < -0.4 is 4.73 Å². The Balaban J connectivity index is 2.41. The number of fused-ring (bicyclic) bond motifs is 1. The Labute approximate surface area is 106 Å². The molecule has 0 bridgehead atoms. The van der Waals surface area contributed by atoms with Crippen molar-refractivity contribution in [3.05, 3.63) is 71.6 Å². The van der Waals surface area contributed by atoms with Gasteiger partial charge in [-0.2, -0.15) is 4.73 Å². The van der Waals surface area contributed by atoms with E-state index in [0.29, 0.717) is 0 Å². The lowest BCUT2D eigenvalue weighted by molar-refractivity contribution is -0.576. The standard InChI is InChI=1S/C16H13NO/c1-12-10-11-17(18)16-14(12)8-5-9-15(16)13-6-3-2-4-7-13/h2-11H,1H3. The SMILES string of the molecule is Cc1cc[n+]([O-])c2c(-c3ccccc3)cccc12. The van der Waals surface area contributed by atoms with Gasteiger partial charge in [-0.05, 0) is 30.2 Å². The molecule has 1 heterocycles. The topological polar surface area (TPSA) is 26.9 Å². The van der Waals surface area contributed by atoms with Crippen LogP contribution in [-0.2, 0) is 0 Å². The molecule has 18 heavy (non-hydrogen) atoms. The minimum atomic E-state index is 0.740. The number of benzene rings is 2. The fourth-order valence-electron chi connectivity index (χ4n) is 2.29. The van der Waals surface area contributed by atoms with Gasteiger partial charge >= 0.3 is 0 Å². The van der Waals surface area contributed by atoms with E-state index < -0.39 is 0 Å². The van der Waals surface area contributed by atoms with E-state index in [1.165, 1.54) is 0 Å². The lowest BCUT2D eigenvalue weighted by atomic mass is 10.0. The minimum Gasteiger partial charge on any atom is -0.618 e. The van der Waals surface area contributed by atoms with Crippen molar-refractivity contribution in [2.75, 3.05) is 0 Å². The van der Waals surface area contributed by atoms with Gasteiger partial charge in [0.2, 0.25) is 5.52 Å². The lowest BCUT2D eigenvalue weighted by Gasteiger charge is -2.08. The number of pyridine rings is 1. The molecule has 1 aromatic heterocycles. The summed E-state index contributed by atoms with van der Waals surface area (Å²) in [6.45, 7) is 2.02. The highest BCUT2D eigenvalue weighted by molar-refractivity contribution is 5.92. The molecule has 0 saturated carbocycles. The molecule has 0 radical (unpaired) electrons. The molecule has 2 nitrogen and oxygen atoms in total. The molecule has 88 valence electrons. The van der Waals surface area contributed by atoms with Crippen LogP contribution >= 0.6 is 0 Å². The van der Waals surface area contributed by atoms with Crippen LogP contribution in [0.15, 0.2) is 60.8 Å². The first-order chi connectivity index (χ1) is 8.77. The van der Waals surface area contributed by atoms with E-state index in [4.69, 9.17) is 0 Å². The van der Waals surface area contributed by atoms with E-state index in [-0.39, 0.29) is 0 Å². The Hall–Kier alpha value is -2.35. The molecule has 0 fully saturated rings. The zero-order valence-electron chi connectivity index (χ0n) is 10.1. The zero-order valence-corrected chi connectivity index (χ0v) is 10.1. The number of hydrogen-bond donors (Lipinski definition) is 0. The first-order valence-corrected chi connectivity index (χ1v) is 5.94. The molecule has 2 heteroatoms. The second kappa shape index (κ2) is 4.15. The summed E-state index contributed by atoms with van der Waals surface area (Å²) >= 11 is 0. The smallest absolute Gasteiger partial charge is 0.231 e. The Kier molecular flexibility index (Phi) is 2.49. The van der Waals surface area contributed by atoms with Gasteiger partial charge in [0.05, 0.1) is 10.9 Å². The van der Waals surface area contributed by atoms with Gasteiger partial charge in [-0.1, -0.05) is 36.4 Å². The van der Waals surface area contributed by atoms with Crippen LogP contribution in [0.2, 0.25) is 0 Å². The molecule has 0 aliphatic carbocycles. The van der Waals surface area contributed by atoms with Crippen molar-refractivity contribution in [1.82, 2.24) is 0 Å². The molecule has 0 N–H and O–H groups in total. The van der Waals surface area contributed by atoms with E-state index in [2.05, 4.69) is 0 Å². The third-order valence-electron chi connectivity index (χ3n) is 3.23. The third-order valence-corrected chi connectivity index (χ3v) is 3.23. The summed E-state index contributed by atoms with van der Waals surface area (Å²) in [4.78, 5) is 0. The van der Waals surface area contributed by atoms with E-state index in [0.717, 1.165) is 32.3 Å². The van der Waals surface area contributed by atoms with Gasteiger partial charge in [0.15, 0.2) is 6.20 Å². The van der Waals surface area contributed by atoms with Gasteiger partial charge in [-0.15, -0.1) is 0 Å². The summed E-state index contributed by atoms with van der Waals surface area (Å²) in [5.41, 5.74) is 3.91. The largest absolute Gasteiger partial charge is 0.618 e. The summed E-state index contributed by atoms with van der Waals surface area (Å²) in [7, 11) is 0. The van der Waals surface area contributed by atoms with Crippen molar-refractivity contribution in [2.24, 2.45) is 0 Å². The number of hydrogen-bond acceptors (Lipinski definition) is 1. The maximum absolute atomic E-state index is 12.0. The molecule has 3 rings (SSSR count). The predicted molar refractivity (Wildman–Crippen MR) is 73.1 cm³/mol. The van der Waals surface area contributed by atoms with Crippen LogP contribution in [0.3, 0.4) is 0 Å². The van der Waals surface area contributed by atoms with Crippen LogP contribution in [0.5, 0.6) is 0 Å². The summed E-state index contributed by atoms with van der Waals surface area (Å²) in [5.74, 6) is 0. The summed E-state index contributed by atoms with van der Waals surface area (Å²) in [6.07, 6.45) is 1.57. The van der Waals surface area contributed by atoms with Gasteiger partial charge in [0.25, 0.3) is 0 Å². The first-order valence-electron chi connectivity index (χ1n) is 5.94. The molecule has 0 aliphatic heterocycles. The highest BCUT2D eigenvalue weighted by atomic mass is 16.5. The zero-order chi connectivity index (χ0) is 12.5. The van der Waals surface area contributed by atoms with Crippen LogP contribution in [0.4, 0.5) is 0 Å². The van der Waals surface area contributed by atoms with Crippen molar-refractivity contribution in [3.63, 3.8) is 0 Å². The lowest BCUT2D eigenvalue weighted by Crippen LogP contribution is -2.27. The summed E-state index contributed by atoms with van der Waals surface area (Å²) in [6, 6.07) is 17.8. The van der Waals surface area contributed by atoms with Gasteiger partial charge in [-0.25, -0.2) is 0 Å². The van der Waals surface area contributed by atoms with Crippen LogP contribution in [0, 0.1) is 12.1 Å². The fourth-order valence-corrected chi connectivity index (χ4v) is 2.29. The summed E-state index contributed by atoms with van der Waals surface area (Å²) in [5, 5.41) is 13.0. The van der Waals surface area contributed by atoms with Crippen LogP contribution in [0.25, 0.3) is 22.0 Å². The van der Waals surface area contributed by atoms with Crippen molar-refractivity contribution in [1.29, 1.82) is 0 Å². The monoisotopic (exact) mass is 235 g/mol. The Morgan fingerprint density at radius 1 is 0.889 bits per heavy atom. The molecule has 0 unspecified atom stereocenters. The molecular formula is C16H13NO. The number of nitrogens with zero attached hydrogens (tertiary/aromatic N) is 1. The maximum Gasteiger partial charge on any atom is 0.231 e. The highest BCUT2D eigenvalue weighted by Gasteiger charge is 2.12. The number of para-hydroxylation sites is 1. The molecule has 3 aromatic rings. The number of aryl methyl sites for hydroxylation is 1. The molecule has 2 aromatic carbocycles. The molecule has 0 spiro atoms. The molecular weight excluding hydrogens is 222 g/mol. The van der Waals surface area contributed by atoms with Crippen LogP contribution in [0.1, 0.15) is 5.56 Å². The van der Waals surface area contributed by atoms with Gasteiger partial charge in [0.1, 0.15) is 0 Å². The van der Waals surface area contributed by atoms with E-state index in [9.17, 15) is 5.21 Å². The van der Waals surface area contributed by atoms with Crippen molar-refractivity contribution in [3.8, 4) is 11.1 Å².